The van der Waals surface area contributed by atoms with Gasteiger partial charge in [0, 0.05) is 22.2 Å². The minimum atomic E-state index is -0.535. The van der Waals surface area contributed by atoms with Gasteiger partial charge < -0.3 is 10.1 Å². The molecule has 1 amide bonds. The lowest BCUT2D eigenvalue weighted by Gasteiger charge is -2.18. The average molecular weight is 371 g/mol. The molecule has 0 aliphatic carbocycles. The third-order valence-corrected chi connectivity index (χ3v) is 3.77. The van der Waals surface area contributed by atoms with E-state index < -0.39 is 5.82 Å². The summed E-state index contributed by atoms with van der Waals surface area (Å²) in [5.74, 6) is -0.195. The first-order valence-corrected chi connectivity index (χ1v) is 7.90. The predicted molar refractivity (Wildman–Crippen MR) is 94.4 cm³/mol. The van der Waals surface area contributed by atoms with Crippen molar-refractivity contribution in [3.63, 3.8) is 0 Å². The molecule has 0 saturated carbocycles. The van der Waals surface area contributed by atoms with Gasteiger partial charge in [0.05, 0.1) is 19.3 Å². The Hall–Kier alpha value is -1.82. The van der Waals surface area contributed by atoms with Crippen molar-refractivity contribution in [1.29, 1.82) is 0 Å². The van der Waals surface area contributed by atoms with Gasteiger partial charge in [0.2, 0.25) is 5.91 Å². The zero-order chi connectivity index (χ0) is 17.7. The first-order chi connectivity index (χ1) is 11.4. The predicted octanol–water partition coefficient (Wildman–Crippen LogP) is 4.21. The minimum Gasteiger partial charge on any atom is -0.496 e. The molecule has 0 fully saturated rings. The summed E-state index contributed by atoms with van der Waals surface area (Å²) in [6, 6.07) is 9.29. The number of methoxy groups -OCH3 is 1. The summed E-state index contributed by atoms with van der Waals surface area (Å²) in [6.07, 6.45) is 0. The molecule has 0 aliphatic rings. The summed E-state index contributed by atoms with van der Waals surface area (Å²) in [4.78, 5) is 13.8. The van der Waals surface area contributed by atoms with Crippen LogP contribution in [0.1, 0.15) is 5.56 Å². The summed E-state index contributed by atoms with van der Waals surface area (Å²) in [5, 5.41) is 3.45. The summed E-state index contributed by atoms with van der Waals surface area (Å²) >= 11 is 11.8. The van der Waals surface area contributed by atoms with E-state index in [0.29, 0.717) is 22.3 Å². The third-order valence-electron chi connectivity index (χ3n) is 3.30. The Bertz CT molecular complexity index is 741. The number of carbonyl (C=O) groups is 1. The number of ether oxygens (including phenoxy) is 1. The molecule has 2 aromatic rings. The number of anilines is 1. The van der Waals surface area contributed by atoms with E-state index in [-0.39, 0.29) is 18.1 Å². The number of carbonyl (C=O) groups excluding carboxylic acids is 1. The van der Waals surface area contributed by atoms with Crippen molar-refractivity contribution in [1.82, 2.24) is 4.90 Å². The highest BCUT2D eigenvalue weighted by Gasteiger charge is 2.13. The van der Waals surface area contributed by atoms with Gasteiger partial charge in [-0.05, 0) is 43.4 Å². The fraction of sp³-hybridized carbons (Fsp3) is 0.235. The fourth-order valence-corrected chi connectivity index (χ4v) is 2.61. The second kappa shape index (κ2) is 8.33. The average Bonchev–Trinajstić information content (AvgIpc) is 2.51. The van der Waals surface area contributed by atoms with Crippen LogP contribution in [0.25, 0.3) is 0 Å². The van der Waals surface area contributed by atoms with Crippen molar-refractivity contribution in [2.24, 2.45) is 0 Å². The molecule has 0 radical (unpaired) electrons. The molecule has 0 aromatic heterocycles. The highest BCUT2D eigenvalue weighted by Crippen LogP contribution is 2.24. The third kappa shape index (κ3) is 5.09. The summed E-state index contributed by atoms with van der Waals surface area (Å²) in [7, 11) is 3.34. The summed E-state index contributed by atoms with van der Waals surface area (Å²) in [5.41, 5.74) is 0.912. The molecule has 128 valence electrons. The highest BCUT2D eigenvalue weighted by atomic mass is 35.5. The molecular formula is C17H17Cl2FN2O2. The molecule has 2 rings (SSSR count). The van der Waals surface area contributed by atoms with E-state index in [1.165, 1.54) is 18.2 Å². The maximum Gasteiger partial charge on any atom is 0.238 e. The molecule has 0 heterocycles. The van der Waals surface area contributed by atoms with Gasteiger partial charge in [-0.25, -0.2) is 4.39 Å². The standard InChI is InChI=1S/C17H17Cl2FN2O2/c1-22(9-11-7-12(18)4-6-16(11)24-2)10-17(23)21-15-8-13(19)3-5-14(15)20/h3-8H,9-10H2,1-2H3,(H,21,23). The van der Waals surface area contributed by atoms with Gasteiger partial charge in [-0.1, -0.05) is 23.2 Å². The van der Waals surface area contributed by atoms with Gasteiger partial charge in [-0.15, -0.1) is 0 Å². The van der Waals surface area contributed by atoms with E-state index >= 15 is 0 Å². The molecule has 7 heteroatoms. The number of nitrogens with zero attached hydrogens (tertiary/aromatic N) is 1. The van der Waals surface area contributed by atoms with E-state index in [1.54, 1.807) is 37.3 Å². The summed E-state index contributed by atoms with van der Waals surface area (Å²) < 4.78 is 18.9. The van der Waals surface area contributed by atoms with Crippen molar-refractivity contribution >= 4 is 34.8 Å². The Labute approximate surface area is 150 Å². The Kier molecular flexibility index (Phi) is 6.43. The molecule has 24 heavy (non-hydrogen) atoms. The number of halogens is 3. The van der Waals surface area contributed by atoms with Gasteiger partial charge >= 0.3 is 0 Å². The lowest BCUT2D eigenvalue weighted by molar-refractivity contribution is -0.117. The smallest absolute Gasteiger partial charge is 0.238 e. The lowest BCUT2D eigenvalue weighted by atomic mass is 10.2. The molecule has 0 unspecified atom stereocenters. The van der Waals surface area contributed by atoms with Crippen LogP contribution < -0.4 is 10.1 Å². The summed E-state index contributed by atoms with van der Waals surface area (Å²) in [6.45, 7) is 0.525. The quantitative estimate of drug-likeness (QED) is 0.827. The number of hydrogen-bond donors (Lipinski definition) is 1. The Morgan fingerprint density at radius 3 is 2.58 bits per heavy atom. The first-order valence-electron chi connectivity index (χ1n) is 7.15. The monoisotopic (exact) mass is 370 g/mol. The topological polar surface area (TPSA) is 41.6 Å². The fourth-order valence-electron chi connectivity index (χ4n) is 2.25. The molecule has 0 atom stereocenters. The Morgan fingerprint density at radius 1 is 1.21 bits per heavy atom. The molecule has 2 aromatic carbocycles. The highest BCUT2D eigenvalue weighted by molar-refractivity contribution is 6.31. The van der Waals surface area contributed by atoms with Crippen LogP contribution in [0.5, 0.6) is 5.75 Å². The van der Waals surface area contributed by atoms with Crippen LogP contribution in [-0.2, 0) is 11.3 Å². The minimum absolute atomic E-state index is 0.0567. The number of likely N-dealkylation sites (N-methyl/N-ethyl adjacent to an activating group) is 1. The zero-order valence-electron chi connectivity index (χ0n) is 13.3. The number of hydrogen-bond acceptors (Lipinski definition) is 3. The van der Waals surface area contributed by atoms with Crippen LogP contribution in [0.3, 0.4) is 0 Å². The molecule has 1 N–H and O–H groups in total. The van der Waals surface area contributed by atoms with Crippen LogP contribution in [0, 0.1) is 5.82 Å². The van der Waals surface area contributed by atoms with E-state index in [1.807, 2.05) is 0 Å². The zero-order valence-corrected chi connectivity index (χ0v) is 14.8. The maximum atomic E-state index is 13.6. The maximum absolute atomic E-state index is 13.6. The van der Waals surface area contributed by atoms with Crippen molar-refractivity contribution in [3.05, 3.63) is 57.8 Å². The van der Waals surface area contributed by atoms with Crippen LogP contribution in [-0.4, -0.2) is 31.5 Å². The first kappa shape index (κ1) is 18.5. The molecule has 0 bridgehead atoms. The number of benzene rings is 2. The second-order valence-electron chi connectivity index (χ2n) is 5.30. The van der Waals surface area contributed by atoms with Crippen LogP contribution >= 0.6 is 23.2 Å². The van der Waals surface area contributed by atoms with Crippen molar-refractivity contribution in [2.45, 2.75) is 6.54 Å². The Balaban J connectivity index is 1.99. The van der Waals surface area contributed by atoms with Crippen molar-refractivity contribution in [3.8, 4) is 5.75 Å². The molecular weight excluding hydrogens is 354 g/mol. The largest absolute Gasteiger partial charge is 0.496 e. The van der Waals surface area contributed by atoms with Gasteiger partial charge in [0.1, 0.15) is 11.6 Å². The van der Waals surface area contributed by atoms with E-state index in [9.17, 15) is 9.18 Å². The molecule has 0 saturated heterocycles. The van der Waals surface area contributed by atoms with Crippen LogP contribution in [0.4, 0.5) is 10.1 Å². The van der Waals surface area contributed by atoms with Crippen molar-refractivity contribution < 1.29 is 13.9 Å². The number of rotatable bonds is 6. The normalized spacial score (nSPS) is 10.8. The molecule has 4 nitrogen and oxygen atoms in total. The van der Waals surface area contributed by atoms with Gasteiger partial charge in [0.15, 0.2) is 0 Å². The second-order valence-corrected chi connectivity index (χ2v) is 6.17. The van der Waals surface area contributed by atoms with Gasteiger partial charge in [-0.2, -0.15) is 0 Å². The lowest BCUT2D eigenvalue weighted by Crippen LogP contribution is -2.30. The van der Waals surface area contributed by atoms with Crippen molar-refractivity contribution in [2.75, 3.05) is 26.0 Å². The van der Waals surface area contributed by atoms with E-state index in [0.717, 1.165) is 5.56 Å². The number of nitrogens with one attached hydrogen (secondary N) is 1. The Morgan fingerprint density at radius 2 is 1.88 bits per heavy atom. The number of amides is 1. The van der Waals surface area contributed by atoms with Crippen LogP contribution in [0.2, 0.25) is 10.0 Å². The van der Waals surface area contributed by atoms with Gasteiger partial charge in [0.25, 0.3) is 0 Å². The SMILES string of the molecule is COc1ccc(Cl)cc1CN(C)CC(=O)Nc1cc(Cl)ccc1F. The van der Waals surface area contributed by atoms with E-state index in [4.69, 9.17) is 27.9 Å². The van der Waals surface area contributed by atoms with Crippen LogP contribution in [0.15, 0.2) is 36.4 Å². The molecule has 0 spiro atoms. The van der Waals surface area contributed by atoms with Gasteiger partial charge in [-0.3, -0.25) is 9.69 Å². The molecule has 0 aliphatic heterocycles. The van der Waals surface area contributed by atoms with E-state index in [2.05, 4.69) is 5.32 Å².